The number of hydrogen-bond donors (Lipinski definition) is 2. The van der Waals surface area contributed by atoms with E-state index in [-0.39, 0.29) is 25.6 Å². The standard InChI is InChI=1S/C13H14FNO5/c14-8-2-1-3-9(4-8)20-7-12(16)15-11-6-19-5-10(11)13(17)18/h1-4,10-11H,5-7H2,(H,15,16)(H,17,18). The smallest absolute Gasteiger partial charge is 0.311 e. The van der Waals surface area contributed by atoms with Crippen LogP contribution in [0.15, 0.2) is 24.3 Å². The van der Waals surface area contributed by atoms with Crippen molar-refractivity contribution in [1.82, 2.24) is 5.32 Å². The minimum atomic E-state index is -1.01. The van der Waals surface area contributed by atoms with Crippen LogP contribution >= 0.6 is 0 Å². The van der Waals surface area contributed by atoms with Gasteiger partial charge in [0.25, 0.3) is 5.91 Å². The Morgan fingerprint density at radius 3 is 2.95 bits per heavy atom. The Morgan fingerprint density at radius 1 is 1.45 bits per heavy atom. The van der Waals surface area contributed by atoms with Gasteiger partial charge in [0.15, 0.2) is 6.61 Å². The van der Waals surface area contributed by atoms with E-state index in [0.29, 0.717) is 0 Å². The summed E-state index contributed by atoms with van der Waals surface area (Å²) < 4.78 is 23.0. The fourth-order valence-electron chi connectivity index (χ4n) is 1.89. The maximum absolute atomic E-state index is 12.9. The van der Waals surface area contributed by atoms with E-state index in [4.69, 9.17) is 14.6 Å². The lowest BCUT2D eigenvalue weighted by Crippen LogP contribution is -2.44. The molecule has 1 amide bonds. The van der Waals surface area contributed by atoms with Gasteiger partial charge in [-0.2, -0.15) is 0 Å². The Hall–Kier alpha value is -2.15. The van der Waals surface area contributed by atoms with Gasteiger partial charge in [-0.25, -0.2) is 4.39 Å². The van der Waals surface area contributed by atoms with Crippen LogP contribution in [-0.2, 0) is 14.3 Å². The molecule has 20 heavy (non-hydrogen) atoms. The van der Waals surface area contributed by atoms with Crippen LogP contribution in [0.2, 0.25) is 0 Å². The predicted octanol–water partition coefficient (Wildman–Crippen LogP) is 0.420. The number of carboxylic acids is 1. The molecule has 2 unspecified atom stereocenters. The summed E-state index contributed by atoms with van der Waals surface area (Å²) in [6.07, 6.45) is 0. The Balaban J connectivity index is 1.82. The average Bonchev–Trinajstić information content (AvgIpc) is 2.85. The van der Waals surface area contributed by atoms with E-state index in [0.717, 1.165) is 6.07 Å². The molecule has 2 N–H and O–H groups in total. The van der Waals surface area contributed by atoms with Gasteiger partial charge in [-0.05, 0) is 12.1 Å². The number of halogens is 1. The van der Waals surface area contributed by atoms with E-state index in [9.17, 15) is 14.0 Å². The third kappa shape index (κ3) is 3.67. The monoisotopic (exact) mass is 283 g/mol. The number of amides is 1. The molecule has 1 aromatic carbocycles. The molecule has 1 aliphatic heterocycles. The zero-order chi connectivity index (χ0) is 14.5. The van der Waals surface area contributed by atoms with Gasteiger partial charge in [0.1, 0.15) is 17.5 Å². The first kappa shape index (κ1) is 14.3. The number of carboxylic acid groups (broad SMARTS) is 1. The van der Waals surface area contributed by atoms with Crippen molar-refractivity contribution in [1.29, 1.82) is 0 Å². The van der Waals surface area contributed by atoms with E-state index in [1.54, 1.807) is 0 Å². The normalized spacial score (nSPS) is 21.4. The van der Waals surface area contributed by atoms with E-state index < -0.39 is 29.7 Å². The van der Waals surface area contributed by atoms with E-state index >= 15 is 0 Å². The van der Waals surface area contributed by atoms with E-state index in [2.05, 4.69) is 5.32 Å². The van der Waals surface area contributed by atoms with Crippen molar-refractivity contribution in [2.75, 3.05) is 19.8 Å². The summed E-state index contributed by atoms with van der Waals surface area (Å²) in [5.41, 5.74) is 0. The van der Waals surface area contributed by atoms with Crippen LogP contribution in [-0.4, -0.2) is 42.8 Å². The first-order chi connectivity index (χ1) is 9.56. The second kappa shape index (κ2) is 6.33. The molecule has 7 heteroatoms. The second-order valence-corrected chi connectivity index (χ2v) is 4.40. The van der Waals surface area contributed by atoms with Gasteiger partial charge in [-0.1, -0.05) is 6.07 Å². The minimum Gasteiger partial charge on any atom is -0.484 e. The number of aliphatic carboxylic acids is 1. The highest BCUT2D eigenvalue weighted by Crippen LogP contribution is 2.14. The van der Waals surface area contributed by atoms with Crippen molar-refractivity contribution in [3.63, 3.8) is 0 Å². The molecule has 0 aliphatic carbocycles. The van der Waals surface area contributed by atoms with Gasteiger partial charge in [0, 0.05) is 6.07 Å². The lowest BCUT2D eigenvalue weighted by molar-refractivity contribution is -0.142. The van der Waals surface area contributed by atoms with Gasteiger partial charge in [0.2, 0.25) is 0 Å². The summed E-state index contributed by atoms with van der Waals surface area (Å²) in [7, 11) is 0. The van der Waals surface area contributed by atoms with Crippen molar-refractivity contribution in [3.05, 3.63) is 30.1 Å². The van der Waals surface area contributed by atoms with Crippen molar-refractivity contribution >= 4 is 11.9 Å². The molecule has 6 nitrogen and oxygen atoms in total. The van der Waals surface area contributed by atoms with Gasteiger partial charge >= 0.3 is 5.97 Å². The first-order valence-corrected chi connectivity index (χ1v) is 6.04. The van der Waals surface area contributed by atoms with Crippen molar-refractivity contribution in [3.8, 4) is 5.75 Å². The third-order valence-corrected chi connectivity index (χ3v) is 2.91. The maximum atomic E-state index is 12.9. The van der Waals surface area contributed by atoms with Gasteiger partial charge in [-0.3, -0.25) is 9.59 Å². The van der Waals surface area contributed by atoms with E-state index in [1.807, 2.05) is 0 Å². The lowest BCUT2D eigenvalue weighted by atomic mass is 10.0. The summed E-state index contributed by atoms with van der Waals surface area (Å²) in [6.45, 7) is -0.0833. The van der Waals surface area contributed by atoms with Gasteiger partial charge < -0.3 is 19.9 Å². The Morgan fingerprint density at radius 2 is 2.25 bits per heavy atom. The molecule has 108 valence electrons. The van der Waals surface area contributed by atoms with Crippen molar-refractivity contribution in [2.24, 2.45) is 5.92 Å². The largest absolute Gasteiger partial charge is 0.484 e. The number of carbonyl (C=O) groups excluding carboxylic acids is 1. The molecule has 2 atom stereocenters. The molecular formula is C13H14FNO5. The molecular weight excluding hydrogens is 269 g/mol. The number of hydrogen-bond acceptors (Lipinski definition) is 4. The molecule has 1 aromatic rings. The average molecular weight is 283 g/mol. The van der Waals surface area contributed by atoms with Gasteiger partial charge in [-0.15, -0.1) is 0 Å². The first-order valence-electron chi connectivity index (χ1n) is 6.04. The predicted molar refractivity (Wildman–Crippen MR) is 65.8 cm³/mol. The fourth-order valence-corrected chi connectivity index (χ4v) is 1.89. The summed E-state index contributed by atoms with van der Waals surface area (Å²) in [4.78, 5) is 22.6. The Labute approximate surface area is 114 Å². The molecule has 0 radical (unpaired) electrons. The van der Waals surface area contributed by atoms with Crippen LogP contribution in [0.4, 0.5) is 4.39 Å². The minimum absolute atomic E-state index is 0.0744. The van der Waals surface area contributed by atoms with Gasteiger partial charge in [0.05, 0.1) is 19.3 Å². The quantitative estimate of drug-likeness (QED) is 0.818. The van der Waals surface area contributed by atoms with Crippen LogP contribution in [0.1, 0.15) is 0 Å². The van der Waals surface area contributed by atoms with Crippen molar-refractivity contribution < 1.29 is 28.6 Å². The molecule has 1 fully saturated rings. The summed E-state index contributed by atoms with van der Waals surface area (Å²) in [5, 5.41) is 11.5. The fraction of sp³-hybridized carbons (Fsp3) is 0.385. The van der Waals surface area contributed by atoms with Crippen LogP contribution in [0.3, 0.4) is 0 Å². The van der Waals surface area contributed by atoms with Crippen LogP contribution in [0.5, 0.6) is 5.75 Å². The highest BCUT2D eigenvalue weighted by Gasteiger charge is 2.35. The molecule has 0 bridgehead atoms. The van der Waals surface area contributed by atoms with Crippen LogP contribution in [0.25, 0.3) is 0 Å². The Bertz CT molecular complexity index is 507. The molecule has 0 saturated carbocycles. The second-order valence-electron chi connectivity index (χ2n) is 4.40. The van der Waals surface area contributed by atoms with Crippen LogP contribution < -0.4 is 10.1 Å². The molecule has 1 heterocycles. The molecule has 1 saturated heterocycles. The number of carbonyl (C=O) groups is 2. The molecule has 0 spiro atoms. The molecule has 2 rings (SSSR count). The zero-order valence-electron chi connectivity index (χ0n) is 10.5. The molecule has 1 aliphatic rings. The third-order valence-electron chi connectivity index (χ3n) is 2.91. The highest BCUT2D eigenvalue weighted by molar-refractivity contribution is 5.79. The summed E-state index contributed by atoms with van der Waals surface area (Å²) >= 11 is 0. The zero-order valence-corrected chi connectivity index (χ0v) is 10.5. The maximum Gasteiger partial charge on any atom is 0.311 e. The number of rotatable bonds is 5. The molecule has 0 aromatic heterocycles. The summed E-state index contributed by atoms with van der Waals surface area (Å²) in [6, 6.07) is 4.84. The SMILES string of the molecule is O=C(COc1cccc(F)c1)NC1COCC1C(=O)O. The van der Waals surface area contributed by atoms with E-state index in [1.165, 1.54) is 18.2 Å². The highest BCUT2D eigenvalue weighted by atomic mass is 19.1. The van der Waals surface area contributed by atoms with Crippen molar-refractivity contribution in [2.45, 2.75) is 6.04 Å². The summed E-state index contributed by atoms with van der Waals surface area (Å²) in [5.74, 6) is -2.47. The topological polar surface area (TPSA) is 84.9 Å². The van der Waals surface area contributed by atoms with Crippen LogP contribution in [0, 0.1) is 11.7 Å². The number of nitrogens with one attached hydrogen (secondary N) is 1. The lowest BCUT2D eigenvalue weighted by Gasteiger charge is -2.15. The number of benzene rings is 1. The number of ether oxygens (including phenoxy) is 2. The Kier molecular flexibility index (Phi) is 4.52.